The summed E-state index contributed by atoms with van der Waals surface area (Å²) in [6.07, 6.45) is 6.98. The standard InChI is InChI=1S/C18H22O4/c1-20-18-11-6-10-17(18,12-14-22-18)16(19)21-13-5-9-15-7-3-2-4-8-15/h2-5,7-9H,6,10-14H2,1H3/b9-5+. The maximum Gasteiger partial charge on any atom is 0.317 e. The zero-order chi connectivity index (χ0) is 15.5. The van der Waals surface area contributed by atoms with E-state index < -0.39 is 11.2 Å². The van der Waals surface area contributed by atoms with Gasteiger partial charge in [-0.1, -0.05) is 36.4 Å². The van der Waals surface area contributed by atoms with Crippen LogP contribution in [0.4, 0.5) is 0 Å². The molecule has 2 fully saturated rings. The molecule has 0 bridgehead atoms. The molecule has 1 aliphatic carbocycles. The summed E-state index contributed by atoms with van der Waals surface area (Å²) < 4.78 is 16.8. The van der Waals surface area contributed by atoms with Gasteiger partial charge in [0.15, 0.2) is 5.79 Å². The quantitative estimate of drug-likeness (QED) is 0.784. The molecular formula is C18H22O4. The highest BCUT2D eigenvalue weighted by atomic mass is 16.7. The highest BCUT2D eigenvalue weighted by Crippen LogP contribution is 2.56. The van der Waals surface area contributed by atoms with Crippen LogP contribution in [0.1, 0.15) is 31.2 Å². The van der Waals surface area contributed by atoms with Crippen molar-refractivity contribution in [2.45, 2.75) is 31.5 Å². The normalized spacial score (nSPS) is 30.6. The smallest absolute Gasteiger partial charge is 0.317 e. The van der Waals surface area contributed by atoms with E-state index in [-0.39, 0.29) is 12.6 Å². The molecule has 2 atom stereocenters. The lowest BCUT2D eigenvalue weighted by Crippen LogP contribution is -2.48. The summed E-state index contributed by atoms with van der Waals surface area (Å²) in [6, 6.07) is 9.95. The number of rotatable bonds is 5. The average molecular weight is 302 g/mol. The maximum absolute atomic E-state index is 12.6. The van der Waals surface area contributed by atoms with Gasteiger partial charge in [0, 0.05) is 13.5 Å². The molecular weight excluding hydrogens is 280 g/mol. The van der Waals surface area contributed by atoms with Crippen LogP contribution in [-0.4, -0.2) is 32.1 Å². The largest absolute Gasteiger partial charge is 0.461 e. The summed E-state index contributed by atoms with van der Waals surface area (Å²) in [7, 11) is 1.62. The molecule has 1 aromatic rings. The Morgan fingerprint density at radius 1 is 1.27 bits per heavy atom. The molecule has 22 heavy (non-hydrogen) atoms. The van der Waals surface area contributed by atoms with Crippen LogP contribution in [0.15, 0.2) is 36.4 Å². The van der Waals surface area contributed by atoms with Gasteiger partial charge in [-0.3, -0.25) is 4.79 Å². The Morgan fingerprint density at radius 3 is 2.86 bits per heavy atom. The number of methoxy groups -OCH3 is 1. The van der Waals surface area contributed by atoms with E-state index in [1.165, 1.54) is 0 Å². The monoisotopic (exact) mass is 302 g/mol. The van der Waals surface area contributed by atoms with Crippen molar-refractivity contribution in [3.8, 4) is 0 Å². The van der Waals surface area contributed by atoms with Crippen LogP contribution in [0.2, 0.25) is 0 Å². The van der Waals surface area contributed by atoms with Crippen molar-refractivity contribution in [2.75, 3.05) is 20.3 Å². The molecule has 2 unspecified atom stereocenters. The number of carbonyl (C=O) groups is 1. The molecule has 2 aliphatic rings. The highest BCUT2D eigenvalue weighted by Gasteiger charge is 2.65. The molecule has 1 aromatic carbocycles. The van der Waals surface area contributed by atoms with E-state index >= 15 is 0 Å². The van der Waals surface area contributed by atoms with Gasteiger partial charge in [0.25, 0.3) is 0 Å². The predicted octanol–water partition coefficient (Wildman–Crippen LogP) is 3.18. The Labute approximate surface area is 131 Å². The third-order valence-electron chi connectivity index (χ3n) is 4.84. The zero-order valence-corrected chi connectivity index (χ0v) is 12.9. The molecule has 1 saturated heterocycles. The number of fused-ring (bicyclic) bond motifs is 1. The molecule has 1 aliphatic heterocycles. The summed E-state index contributed by atoms with van der Waals surface area (Å²) in [5.41, 5.74) is 0.468. The van der Waals surface area contributed by atoms with E-state index in [0.717, 1.165) is 24.8 Å². The number of carbonyl (C=O) groups excluding carboxylic acids is 1. The predicted molar refractivity (Wildman–Crippen MR) is 83.0 cm³/mol. The number of hydrogen-bond donors (Lipinski definition) is 0. The van der Waals surface area contributed by atoms with E-state index in [0.29, 0.717) is 13.0 Å². The molecule has 0 spiro atoms. The van der Waals surface area contributed by atoms with Crippen LogP contribution < -0.4 is 0 Å². The zero-order valence-electron chi connectivity index (χ0n) is 12.9. The van der Waals surface area contributed by atoms with E-state index in [2.05, 4.69) is 0 Å². The van der Waals surface area contributed by atoms with Gasteiger partial charge in [-0.2, -0.15) is 0 Å². The SMILES string of the molecule is COC12CCCC1(C(=O)OC/C=C/c1ccccc1)CCO2. The van der Waals surface area contributed by atoms with E-state index in [4.69, 9.17) is 14.2 Å². The van der Waals surface area contributed by atoms with Crippen molar-refractivity contribution in [3.05, 3.63) is 42.0 Å². The van der Waals surface area contributed by atoms with Crippen LogP contribution in [-0.2, 0) is 19.0 Å². The molecule has 1 saturated carbocycles. The molecule has 0 aromatic heterocycles. The van der Waals surface area contributed by atoms with Gasteiger partial charge in [-0.25, -0.2) is 0 Å². The van der Waals surface area contributed by atoms with Crippen molar-refractivity contribution in [3.63, 3.8) is 0 Å². The number of benzene rings is 1. The minimum atomic E-state index is -0.771. The molecule has 4 nitrogen and oxygen atoms in total. The lowest BCUT2D eigenvalue weighted by Gasteiger charge is -2.35. The Balaban J connectivity index is 1.61. The second-order valence-corrected chi connectivity index (χ2v) is 5.90. The third kappa shape index (κ3) is 2.46. The van der Waals surface area contributed by atoms with Gasteiger partial charge in [0.05, 0.1) is 6.61 Å². The summed E-state index contributed by atoms with van der Waals surface area (Å²) in [5.74, 6) is -0.963. The molecule has 0 amide bonds. The van der Waals surface area contributed by atoms with E-state index in [1.807, 2.05) is 42.5 Å². The topological polar surface area (TPSA) is 44.8 Å². The number of hydrogen-bond acceptors (Lipinski definition) is 4. The van der Waals surface area contributed by atoms with Gasteiger partial charge in [0.2, 0.25) is 0 Å². The highest BCUT2D eigenvalue weighted by molar-refractivity contribution is 5.79. The number of esters is 1. The molecule has 1 heterocycles. The Bertz CT molecular complexity index is 539. The average Bonchev–Trinajstić information content (AvgIpc) is 3.08. The molecule has 118 valence electrons. The first-order chi connectivity index (χ1) is 10.7. The van der Waals surface area contributed by atoms with Gasteiger partial charge < -0.3 is 14.2 Å². The van der Waals surface area contributed by atoms with Crippen LogP contribution in [0.5, 0.6) is 0 Å². The summed E-state index contributed by atoms with van der Waals surface area (Å²) in [5, 5.41) is 0. The molecule has 0 radical (unpaired) electrons. The first-order valence-corrected chi connectivity index (χ1v) is 7.80. The Hall–Kier alpha value is -1.65. The second kappa shape index (κ2) is 6.23. The van der Waals surface area contributed by atoms with Gasteiger partial charge in [-0.15, -0.1) is 0 Å². The van der Waals surface area contributed by atoms with Gasteiger partial charge >= 0.3 is 5.97 Å². The van der Waals surface area contributed by atoms with Gasteiger partial charge in [0.1, 0.15) is 12.0 Å². The maximum atomic E-state index is 12.6. The second-order valence-electron chi connectivity index (χ2n) is 5.90. The van der Waals surface area contributed by atoms with Crippen molar-refractivity contribution in [1.82, 2.24) is 0 Å². The summed E-state index contributed by atoms with van der Waals surface area (Å²) >= 11 is 0. The summed E-state index contributed by atoms with van der Waals surface area (Å²) in [4.78, 5) is 12.6. The minimum Gasteiger partial charge on any atom is -0.461 e. The summed E-state index contributed by atoms with van der Waals surface area (Å²) in [6.45, 7) is 0.831. The minimum absolute atomic E-state index is 0.193. The van der Waals surface area contributed by atoms with Crippen LogP contribution in [0.3, 0.4) is 0 Å². The number of ether oxygens (including phenoxy) is 3. The van der Waals surface area contributed by atoms with E-state index in [9.17, 15) is 4.79 Å². The third-order valence-corrected chi connectivity index (χ3v) is 4.84. The van der Waals surface area contributed by atoms with Crippen molar-refractivity contribution >= 4 is 12.0 Å². The fourth-order valence-corrected chi connectivity index (χ4v) is 3.69. The first kappa shape index (κ1) is 15.3. The lowest BCUT2D eigenvalue weighted by molar-refractivity contribution is -0.237. The van der Waals surface area contributed by atoms with Crippen molar-refractivity contribution in [1.29, 1.82) is 0 Å². The van der Waals surface area contributed by atoms with Crippen molar-refractivity contribution in [2.24, 2.45) is 5.41 Å². The van der Waals surface area contributed by atoms with Crippen LogP contribution >= 0.6 is 0 Å². The molecule has 4 heteroatoms. The Morgan fingerprint density at radius 2 is 2.09 bits per heavy atom. The molecule has 0 N–H and O–H groups in total. The fourth-order valence-electron chi connectivity index (χ4n) is 3.69. The van der Waals surface area contributed by atoms with Crippen LogP contribution in [0.25, 0.3) is 6.08 Å². The molecule has 3 rings (SSSR count). The van der Waals surface area contributed by atoms with E-state index in [1.54, 1.807) is 7.11 Å². The van der Waals surface area contributed by atoms with Crippen LogP contribution in [0, 0.1) is 5.41 Å². The lowest BCUT2D eigenvalue weighted by atomic mass is 9.80. The fraction of sp³-hybridized carbons (Fsp3) is 0.500. The Kier molecular flexibility index (Phi) is 4.32. The van der Waals surface area contributed by atoms with Crippen molar-refractivity contribution < 1.29 is 19.0 Å². The first-order valence-electron chi connectivity index (χ1n) is 7.80. The van der Waals surface area contributed by atoms with Gasteiger partial charge in [-0.05, 0) is 30.9 Å².